The monoisotopic (exact) mass is 226 g/mol. The highest BCUT2D eigenvalue weighted by atomic mass is 16.2. The van der Waals surface area contributed by atoms with Gasteiger partial charge in [0.25, 0.3) is 0 Å². The van der Waals surface area contributed by atoms with E-state index < -0.39 is 0 Å². The maximum Gasteiger partial charge on any atom is 0.222 e. The molecule has 94 valence electrons. The molecule has 0 aromatic rings. The quantitative estimate of drug-likeness (QED) is 0.779. The molecular weight excluding hydrogens is 200 g/mol. The van der Waals surface area contributed by atoms with Gasteiger partial charge in [0.1, 0.15) is 0 Å². The van der Waals surface area contributed by atoms with Crippen molar-refractivity contribution in [1.82, 2.24) is 4.90 Å². The minimum Gasteiger partial charge on any atom is -0.346 e. The van der Waals surface area contributed by atoms with Crippen LogP contribution in [-0.4, -0.2) is 30.9 Å². The molecule has 0 aromatic carbocycles. The van der Waals surface area contributed by atoms with E-state index in [-0.39, 0.29) is 0 Å². The van der Waals surface area contributed by atoms with Gasteiger partial charge in [0.15, 0.2) is 0 Å². The lowest BCUT2D eigenvalue weighted by atomic mass is 9.80. The van der Waals surface area contributed by atoms with Crippen LogP contribution in [0, 0.1) is 11.8 Å². The van der Waals surface area contributed by atoms with Gasteiger partial charge < -0.3 is 10.6 Å². The molecule has 16 heavy (non-hydrogen) atoms. The summed E-state index contributed by atoms with van der Waals surface area (Å²) in [6, 6.07) is 0. The smallest absolute Gasteiger partial charge is 0.222 e. The Balaban J connectivity index is 2.25. The number of rotatable bonds is 5. The third kappa shape index (κ3) is 4.12. The van der Waals surface area contributed by atoms with Crippen LogP contribution in [0.25, 0.3) is 0 Å². The number of carbonyl (C=O) groups excluding carboxylic acids is 1. The van der Waals surface area contributed by atoms with Crippen LogP contribution in [0.15, 0.2) is 0 Å². The predicted octanol–water partition coefficient (Wildman–Crippen LogP) is 2.01. The minimum atomic E-state index is 0.318. The number of carbonyl (C=O) groups is 1. The van der Waals surface area contributed by atoms with E-state index in [1.807, 2.05) is 11.9 Å². The van der Waals surface area contributed by atoms with E-state index in [4.69, 9.17) is 5.73 Å². The van der Waals surface area contributed by atoms with Crippen LogP contribution in [0.1, 0.15) is 45.4 Å². The Kier molecular flexibility index (Phi) is 5.81. The zero-order valence-corrected chi connectivity index (χ0v) is 10.7. The highest BCUT2D eigenvalue weighted by Gasteiger charge is 2.23. The molecule has 1 saturated carbocycles. The van der Waals surface area contributed by atoms with Crippen LogP contribution >= 0.6 is 0 Å². The molecule has 0 spiro atoms. The fourth-order valence-corrected chi connectivity index (χ4v) is 2.53. The van der Waals surface area contributed by atoms with Crippen molar-refractivity contribution in [3.8, 4) is 0 Å². The van der Waals surface area contributed by atoms with Crippen molar-refractivity contribution < 1.29 is 4.79 Å². The lowest BCUT2D eigenvalue weighted by Gasteiger charge is -2.28. The topological polar surface area (TPSA) is 46.3 Å². The second kappa shape index (κ2) is 6.89. The molecule has 1 rings (SSSR count). The zero-order chi connectivity index (χ0) is 12.0. The molecule has 0 aromatic heterocycles. The van der Waals surface area contributed by atoms with Gasteiger partial charge in [0.2, 0.25) is 5.91 Å². The average Bonchev–Trinajstić information content (AvgIpc) is 2.30. The lowest BCUT2D eigenvalue weighted by Crippen LogP contribution is -2.30. The maximum absolute atomic E-state index is 11.9. The third-order valence-electron chi connectivity index (χ3n) is 3.75. The van der Waals surface area contributed by atoms with Crippen molar-refractivity contribution in [2.24, 2.45) is 17.6 Å². The Morgan fingerprint density at radius 3 is 2.31 bits per heavy atom. The van der Waals surface area contributed by atoms with Gasteiger partial charge in [-0.1, -0.05) is 6.92 Å². The van der Waals surface area contributed by atoms with Gasteiger partial charge >= 0.3 is 0 Å². The average molecular weight is 226 g/mol. The third-order valence-corrected chi connectivity index (χ3v) is 3.75. The van der Waals surface area contributed by atoms with Crippen molar-refractivity contribution in [3.63, 3.8) is 0 Å². The van der Waals surface area contributed by atoms with Crippen molar-refractivity contribution in [2.45, 2.75) is 45.4 Å². The summed E-state index contributed by atoms with van der Waals surface area (Å²) in [4.78, 5) is 13.7. The van der Waals surface area contributed by atoms with Gasteiger partial charge in [-0.2, -0.15) is 0 Å². The van der Waals surface area contributed by atoms with Crippen LogP contribution in [-0.2, 0) is 4.79 Å². The summed E-state index contributed by atoms with van der Waals surface area (Å²) in [5.74, 6) is 1.63. The normalized spacial score (nSPS) is 25.4. The molecule has 0 atom stereocenters. The predicted molar refractivity (Wildman–Crippen MR) is 67.0 cm³/mol. The molecule has 0 heterocycles. The first-order chi connectivity index (χ1) is 7.67. The number of amides is 1. The molecule has 0 saturated heterocycles. The van der Waals surface area contributed by atoms with Crippen LogP contribution in [0.2, 0.25) is 0 Å². The van der Waals surface area contributed by atoms with Crippen LogP contribution in [0.3, 0.4) is 0 Å². The van der Waals surface area contributed by atoms with E-state index in [0.29, 0.717) is 17.7 Å². The van der Waals surface area contributed by atoms with E-state index in [1.165, 1.54) is 25.7 Å². The molecule has 1 fully saturated rings. The van der Waals surface area contributed by atoms with Crippen LogP contribution in [0.4, 0.5) is 0 Å². The van der Waals surface area contributed by atoms with E-state index >= 15 is 0 Å². The number of hydrogen-bond acceptors (Lipinski definition) is 2. The molecule has 2 N–H and O–H groups in total. The maximum atomic E-state index is 11.9. The van der Waals surface area contributed by atoms with Gasteiger partial charge in [0, 0.05) is 20.0 Å². The zero-order valence-electron chi connectivity index (χ0n) is 10.7. The second-order valence-electron chi connectivity index (χ2n) is 5.14. The van der Waals surface area contributed by atoms with E-state index in [9.17, 15) is 4.79 Å². The Bertz CT molecular complexity index is 210. The van der Waals surface area contributed by atoms with E-state index in [1.54, 1.807) is 0 Å². The van der Waals surface area contributed by atoms with Gasteiger partial charge in [-0.05, 0) is 50.5 Å². The molecule has 1 aliphatic rings. The van der Waals surface area contributed by atoms with Gasteiger partial charge in [0.05, 0.1) is 0 Å². The Labute approximate surface area is 99.4 Å². The standard InChI is InChI=1S/C13H26N2O/c1-3-8-15(2)13(16)9-11-4-6-12(10-14)7-5-11/h11-12H,3-10,14H2,1-2H3. The first-order valence-electron chi connectivity index (χ1n) is 6.61. The molecule has 0 aliphatic heterocycles. The molecule has 1 aliphatic carbocycles. The summed E-state index contributed by atoms with van der Waals surface area (Å²) in [5.41, 5.74) is 5.66. The fraction of sp³-hybridized carbons (Fsp3) is 0.923. The molecule has 0 unspecified atom stereocenters. The van der Waals surface area contributed by atoms with Gasteiger partial charge in [-0.25, -0.2) is 0 Å². The van der Waals surface area contributed by atoms with Crippen molar-refractivity contribution >= 4 is 5.91 Å². The summed E-state index contributed by atoms with van der Waals surface area (Å²) in [6.45, 7) is 3.81. The Morgan fingerprint density at radius 2 is 1.81 bits per heavy atom. The minimum absolute atomic E-state index is 0.318. The number of hydrogen-bond donors (Lipinski definition) is 1. The molecule has 3 heteroatoms. The molecule has 0 bridgehead atoms. The van der Waals surface area contributed by atoms with E-state index in [0.717, 1.165) is 25.9 Å². The van der Waals surface area contributed by atoms with Crippen molar-refractivity contribution in [2.75, 3.05) is 20.1 Å². The highest BCUT2D eigenvalue weighted by Crippen LogP contribution is 2.30. The Morgan fingerprint density at radius 1 is 1.25 bits per heavy atom. The number of nitrogens with zero attached hydrogens (tertiary/aromatic N) is 1. The highest BCUT2D eigenvalue weighted by molar-refractivity contribution is 5.76. The second-order valence-corrected chi connectivity index (χ2v) is 5.14. The summed E-state index contributed by atoms with van der Waals surface area (Å²) in [6.07, 6.45) is 6.59. The lowest BCUT2D eigenvalue weighted by molar-refractivity contribution is -0.131. The van der Waals surface area contributed by atoms with Crippen molar-refractivity contribution in [1.29, 1.82) is 0 Å². The van der Waals surface area contributed by atoms with Crippen LogP contribution in [0.5, 0.6) is 0 Å². The van der Waals surface area contributed by atoms with Crippen molar-refractivity contribution in [3.05, 3.63) is 0 Å². The molecule has 1 amide bonds. The summed E-state index contributed by atoms with van der Waals surface area (Å²) in [7, 11) is 1.91. The largest absolute Gasteiger partial charge is 0.346 e. The summed E-state index contributed by atoms with van der Waals surface area (Å²) >= 11 is 0. The fourth-order valence-electron chi connectivity index (χ4n) is 2.53. The van der Waals surface area contributed by atoms with Crippen LogP contribution < -0.4 is 5.73 Å². The van der Waals surface area contributed by atoms with Gasteiger partial charge in [-0.15, -0.1) is 0 Å². The summed E-state index contributed by atoms with van der Waals surface area (Å²) in [5, 5.41) is 0. The SMILES string of the molecule is CCCN(C)C(=O)CC1CCC(CN)CC1. The Hall–Kier alpha value is -0.570. The summed E-state index contributed by atoms with van der Waals surface area (Å²) < 4.78 is 0. The van der Waals surface area contributed by atoms with E-state index in [2.05, 4.69) is 6.92 Å². The number of nitrogens with two attached hydrogens (primary N) is 1. The molecule has 3 nitrogen and oxygen atoms in total. The molecule has 0 radical (unpaired) electrons. The first-order valence-corrected chi connectivity index (χ1v) is 6.61. The molecular formula is C13H26N2O. The first kappa shape index (κ1) is 13.5. The van der Waals surface area contributed by atoms with Gasteiger partial charge in [-0.3, -0.25) is 4.79 Å².